The fourth-order valence-corrected chi connectivity index (χ4v) is 4.05. The van der Waals surface area contributed by atoms with Gasteiger partial charge in [0.05, 0.1) is 13.5 Å². The molecule has 160 valence electrons. The Morgan fingerprint density at radius 1 is 0.969 bits per heavy atom. The number of phenols is 2. The first-order valence-electron chi connectivity index (χ1n) is 9.92. The highest BCUT2D eigenvalue weighted by Gasteiger charge is 2.33. The molecule has 1 aliphatic heterocycles. The number of ether oxygens (including phenoxy) is 2. The molecule has 5 rings (SSSR count). The van der Waals surface area contributed by atoms with Crippen LogP contribution in [-0.2, 0) is 4.79 Å². The van der Waals surface area contributed by atoms with Gasteiger partial charge < -0.3 is 24.1 Å². The second kappa shape index (κ2) is 7.46. The van der Waals surface area contributed by atoms with Crippen LogP contribution in [0, 0.1) is 0 Å². The molecule has 7 heteroatoms. The minimum Gasteiger partial charge on any atom is -0.508 e. The Hall–Kier alpha value is -4.26. The zero-order valence-corrected chi connectivity index (χ0v) is 17.0. The normalized spacial score (nSPS) is 15.3. The number of fused-ring (bicyclic) bond motifs is 3. The zero-order valence-electron chi connectivity index (χ0n) is 17.0. The number of carbonyl (C=O) groups is 1. The van der Waals surface area contributed by atoms with Crippen LogP contribution in [0.1, 0.15) is 23.5 Å². The molecule has 0 spiro atoms. The van der Waals surface area contributed by atoms with Gasteiger partial charge in [-0.05, 0) is 42.0 Å². The lowest BCUT2D eigenvalue weighted by atomic mass is 9.85. The first-order valence-corrected chi connectivity index (χ1v) is 9.92. The van der Waals surface area contributed by atoms with Crippen LogP contribution in [0.3, 0.4) is 0 Å². The molecule has 32 heavy (non-hydrogen) atoms. The molecule has 7 nitrogen and oxygen atoms in total. The molecule has 1 aliphatic rings. The van der Waals surface area contributed by atoms with Crippen LogP contribution < -0.4 is 14.9 Å². The van der Waals surface area contributed by atoms with E-state index in [4.69, 9.17) is 13.9 Å². The van der Waals surface area contributed by atoms with Crippen molar-refractivity contribution in [3.05, 3.63) is 82.0 Å². The summed E-state index contributed by atoms with van der Waals surface area (Å²) < 4.78 is 16.7. The quantitative estimate of drug-likeness (QED) is 0.368. The average Bonchev–Trinajstić information content (AvgIpc) is 2.78. The topological polar surface area (TPSA) is 106 Å². The Bertz CT molecular complexity index is 1400. The van der Waals surface area contributed by atoms with Gasteiger partial charge in [-0.25, -0.2) is 0 Å². The minimum atomic E-state index is -0.450. The van der Waals surface area contributed by atoms with Crippen LogP contribution in [0.5, 0.6) is 23.0 Å². The number of rotatable bonds is 3. The summed E-state index contributed by atoms with van der Waals surface area (Å²) in [5.41, 5.74) is 1.63. The van der Waals surface area contributed by atoms with Gasteiger partial charge in [-0.3, -0.25) is 9.59 Å². The zero-order chi connectivity index (χ0) is 22.4. The maximum Gasteiger partial charge on any atom is 0.312 e. The summed E-state index contributed by atoms with van der Waals surface area (Å²) in [6.45, 7) is 0. The first kappa shape index (κ1) is 19.7. The molecule has 0 amide bonds. The van der Waals surface area contributed by atoms with E-state index in [2.05, 4.69) is 0 Å². The number of carbonyl (C=O) groups excluding carboxylic acids is 1. The fourth-order valence-electron chi connectivity index (χ4n) is 4.05. The molecular weight excluding hydrogens is 412 g/mol. The van der Waals surface area contributed by atoms with Crippen molar-refractivity contribution < 1.29 is 28.9 Å². The highest BCUT2D eigenvalue weighted by molar-refractivity contribution is 5.93. The van der Waals surface area contributed by atoms with Crippen molar-refractivity contribution in [3.8, 4) is 34.3 Å². The third-order valence-corrected chi connectivity index (χ3v) is 5.59. The fraction of sp³-hybridized carbons (Fsp3) is 0.120. The van der Waals surface area contributed by atoms with Gasteiger partial charge >= 0.3 is 5.97 Å². The molecule has 0 aliphatic carbocycles. The van der Waals surface area contributed by atoms with E-state index in [1.54, 1.807) is 31.4 Å². The van der Waals surface area contributed by atoms with Crippen LogP contribution >= 0.6 is 0 Å². The third kappa shape index (κ3) is 3.24. The molecule has 3 aromatic carbocycles. The van der Waals surface area contributed by atoms with E-state index in [0.717, 1.165) is 5.56 Å². The van der Waals surface area contributed by atoms with Crippen LogP contribution in [0.4, 0.5) is 0 Å². The molecule has 1 aromatic heterocycles. The maximum absolute atomic E-state index is 12.9. The molecule has 2 heterocycles. The lowest BCUT2D eigenvalue weighted by molar-refractivity contribution is -0.135. The Balaban J connectivity index is 1.78. The lowest BCUT2D eigenvalue weighted by Gasteiger charge is -2.26. The second-order valence-electron chi connectivity index (χ2n) is 7.54. The summed E-state index contributed by atoms with van der Waals surface area (Å²) in [5, 5.41) is 20.1. The summed E-state index contributed by atoms with van der Waals surface area (Å²) in [7, 11) is 1.57. The molecule has 0 saturated carbocycles. The third-order valence-electron chi connectivity index (χ3n) is 5.59. The monoisotopic (exact) mass is 430 g/mol. The molecule has 0 unspecified atom stereocenters. The summed E-state index contributed by atoms with van der Waals surface area (Å²) in [4.78, 5) is 25.3. The lowest BCUT2D eigenvalue weighted by Crippen LogP contribution is -2.22. The van der Waals surface area contributed by atoms with Crippen LogP contribution in [0.15, 0.2) is 69.9 Å². The van der Waals surface area contributed by atoms with Crippen LogP contribution in [-0.4, -0.2) is 23.3 Å². The second-order valence-corrected chi connectivity index (χ2v) is 7.54. The van der Waals surface area contributed by atoms with E-state index in [9.17, 15) is 19.8 Å². The Labute approximate surface area is 182 Å². The Morgan fingerprint density at radius 2 is 1.69 bits per heavy atom. The number of hydrogen-bond donors (Lipinski definition) is 2. The molecule has 1 atom stereocenters. The Kier molecular flexibility index (Phi) is 4.59. The maximum atomic E-state index is 12.9. The first-order chi connectivity index (χ1) is 15.4. The summed E-state index contributed by atoms with van der Waals surface area (Å²) in [5.74, 6) is -0.0539. The molecule has 0 radical (unpaired) electrons. The van der Waals surface area contributed by atoms with Crippen molar-refractivity contribution in [2.45, 2.75) is 12.3 Å². The van der Waals surface area contributed by atoms with Gasteiger partial charge in [0, 0.05) is 29.2 Å². The average molecular weight is 430 g/mol. The van der Waals surface area contributed by atoms with Gasteiger partial charge in [0.15, 0.2) is 5.43 Å². The van der Waals surface area contributed by atoms with Crippen LogP contribution in [0.2, 0.25) is 0 Å². The number of aromatic hydroxyl groups is 2. The van der Waals surface area contributed by atoms with E-state index in [1.165, 1.54) is 24.3 Å². The van der Waals surface area contributed by atoms with E-state index in [0.29, 0.717) is 16.9 Å². The van der Waals surface area contributed by atoms with Gasteiger partial charge in [0.1, 0.15) is 39.7 Å². The number of benzene rings is 3. The Morgan fingerprint density at radius 3 is 2.38 bits per heavy atom. The number of phenolic OH excluding ortho intramolecular Hbond substituents is 2. The smallest absolute Gasteiger partial charge is 0.312 e. The number of methoxy groups -OCH3 is 1. The highest BCUT2D eigenvalue weighted by Crippen LogP contribution is 2.46. The molecule has 2 N–H and O–H groups in total. The van der Waals surface area contributed by atoms with Crippen molar-refractivity contribution in [1.82, 2.24) is 0 Å². The summed E-state index contributed by atoms with van der Waals surface area (Å²) in [6.07, 6.45) is 0.0480. The molecule has 4 aromatic rings. The van der Waals surface area contributed by atoms with Gasteiger partial charge in [-0.1, -0.05) is 12.1 Å². The number of esters is 1. The molecule has 0 bridgehead atoms. The van der Waals surface area contributed by atoms with E-state index < -0.39 is 17.3 Å². The van der Waals surface area contributed by atoms with E-state index in [1.807, 2.05) is 12.1 Å². The van der Waals surface area contributed by atoms with Gasteiger partial charge in [0.25, 0.3) is 0 Å². The summed E-state index contributed by atoms with van der Waals surface area (Å²) >= 11 is 0. The van der Waals surface area contributed by atoms with Crippen LogP contribution in [0.25, 0.3) is 22.3 Å². The minimum absolute atomic E-state index is 0.0164. The van der Waals surface area contributed by atoms with Gasteiger partial charge in [-0.2, -0.15) is 0 Å². The standard InChI is InChI=1S/C25H18O7/c1-30-16-8-4-13(5-9-16)17-10-22(29)31-21-12-19(28)24-18(27)11-20(32-25(24)23(17)21)14-2-6-15(26)7-3-14/h2-9,11-12,17,26,28H,10H2,1H3/t17-/m1/s1. The number of hydrogen-bond acceptors (Lipinski definition) is 7. The highest BCUT2D eigenvalue weighted by atomic mass is 16.5. The predicted molar refractivity (Wildman–Crippen MR) is 116 cm³/mol. The molecule has 0 fully saturated rings. The summed E-state index contributed by atoms with van der Waals surface area (Å²) in [6, 6.07) is 16.0. The van der Waals surface area contributed by atoms with E-state index in [-0.39, 0.29) is 40.4 Å². The van der Waals surface area contributed by atoms with Crippen molar-refractivity contribution in [1.29, 1.82) is 0 Å². The largest absolute Gasteiger partial charge is 0.508 e. The molecule has 0 saturated heterocycles. The SMILES string of the molecule is COc1ccc([C@H]2CC(=O)Oc3cc(O)c4c(=O)cc(-c5ccc(O)cc5)oc4c32)cc1. The predicted octanol–water partition coefficient (Wildman–Crippen LogP) is 4.32. The van der Waals surface area contributed by atoms with Crippen molar-refractivity contribution >= 4 is 16.9 Å². The molecular formula is C25H18O7. The van der Waals surface area contributed by atoms with Crippen molar-refractivity contribution in [2.24, 2.45) is 0 Å². The van der Waals surface area contributed by atoms with Crippen molar-refractivity contribution in [3.63, 3.8) is 0 Å². The van der Waals surface area contributed by atoms with Gasteiger partial charge in [0.2, 0.25) is 0 Å². The van der Waals surface area contributed by atoms with Gasteiger partial charge in [-0.15, -0.1) is 0 Å². The van der Waals surface area contributed by atoms with Crippen molar-refractivity contribution in [2.75, 3.05) is 7.11 Å². The van der Waals surface area contributed by atoms with E-state index >= 15 is 0 Å².